The summed E-state index contributed by atoms with van der Waals surface area (Å²) < 4.78 is 6.55. The number of carbonyl (C=O) groups is 3. The van der Waals surface area contributed by atoms with Gasteiger partial charge in [0.25, 0.3) is 0 Å². The predicted molar refractivity (Wildman–Crippen MR) is 126 cm³/mol. The van der Waals surface area contributed by atoms with Gasteiger partial charge in [0.05, 0.1) is 30.1 Å². The van der Waals surface area contributed by atoms with Gasteiger partial charge in [-0.05, 0) is 38.7 Å². The van der Waals surface area contributed by atoms with Gasteiger partial charge in [0.15, 0.2) is 0 Å². The van der Waals surface area contributed by atoms with E-state index in [2.05, 4.69) is 17.6 Å². The van der Waals surface area contributed by atoms with Crippen molar-refractivity contribution in [3.63, 3.8) is 0 Å². The van der Waals surface area contributed by atoms with Crippen LogP contribution in [0, 0.1) is 11.8 Å². The zero-order valence-corrected chi connectivity index (χ0v) is 20.4. The summed E-state index contributed by atoms with van der Waals surface area (Å²) in [5.74, 6) is -2.21. The molecule has 2 bridgehead atoms. The van der Waals surface area contributed by atoms with Crippen molar-refractivity contribution in [3.8, 4) is 0 Å². The molecule has 0 aliphatic carbocycles. The van der Waals surface area contributed by atoms with Crippen LogP contribution in [-0.2, 0) is 25.7 Å². The van der Waals surface area contributed by atoms with Crippen LogP contribution in [0.25, 0.3) is 0 Å². The first-order valence-corrected chi connectivity index (χ1v) is 12.5. The van der Waals surface area contributed by atoms with Crippen LogP contribution in [0.1, 0.15) is 58.4 Å². The molecule has 3 saturated heterocycles. The van der Waals surface area contributed by atoms with Crippen molar-refractivity contribution in [2.24, 2.45) is 11.8 Å². The Kier molecular flexibility index (Phi) is 7.01. The molecule has 3 N–H and O–H groups in total. The average molecular weight is 472 g/mol. The van der Waals surface area contributed by atoms with E-state index in [1.807, 2.05) is 37.3 Å². The number of amides is 3. The summed E-state index contributed by atoms with van der Waals surface area (Å²) >= 11 is 0. The summed E-state index contributed by atoms with van der Waals surface area (Å²) in [5, 5.41) is 15.9. The summed E-state index contributed by atoms with van der Waals surface area (Å²) in [6, 6.07) is 8.20. The third-order valence-electron chi connectivity index (χ3n) is 7.87. The number of unbranched alkanes of at least 4 members (excludes halogenated alkanes) is 2. The fourth-order valence-corrected chi connectivity index (χ4v) is 6.20. The van der Waals surface area contributed by atoms with Crippen LogP contribution in [0.2, 0.25) is 0 Å². The minimum atomic E-state index is -1.06. The number of hydrogen-bond acceptors (Lipinski definition) is 5. The molecule has 1 aromatic rings. The molecule has 3 amide bonds. The van der Waals surface area contributed by atoms with Crippen LogP contribution in [0.15, 0.2) is 30.3 Å². The third-order valence-corrected chi connectivity index (χ3v) is 7.87. The molecule has 0 aromatic heterocycles. The first-order valence-electron chi connectivity index (χ1n) is 12.5. The summed E-state index contributed by atoms with van der Waals surface area (Å²) in [5.41, 5.74) is -0.896. The van der Waals surface area contributed by atoms with Crippen LogP contribution in [0.4, 0.5) is 0 Å². The van der Waals surface area contributed by atoms with Gasteiger partial charge < -0.3 is 25.4 Å². The fourth-order valence-electron chi connectivity index (χ4n) is 6.20. The van der Waals surface area contributed by atoms with E-state index in [1.165, 1.54) is 4.90 Å². The maximum atomic E-state index is 13.8. The van der Waals surface area contributed by atoms with Crippen LogP contribution in [-0.4, -0.2) is 64.2 Å². The largest absolute Gasteiger partial charge is 0.394 e. The van der Waals surface area contributed by atoms with Gasteiger partial charge in [-0.2, -0.15) is 0 Å². The van der Waals surface area contributed by atoms with Crippen molar-refractivity contribution in [1.82, 2.24) is 15.5 Å². The lowest BCUT2D eigenvalue weighted by molar-refractivity contribution is -0.149. The Morgan fingerprint density at radius 3 is 2.59 bits per heavy atom. The number of ether oxygens (including phenoxy) is 1. The van der Waals surface area contributed by atoms with Crippen LogP contribution in [0.3, 0.4) is 0 Å². The van der Waals surface area contributed by atoms with Crippen molar-refractivity contribution >= 4 is 17.7 Å². The van der Waals surface area contributed by atoms with E-state index in [9.17, 15) is 19.5 Å². The van der Waals surface area contributed by atoms with Crippen molar-refractivity contribution in [1.29, 1.82) is 0 Å². The molecule has 4 rings (SSSR count). The summed E-state index contributed by atoms with van der Waals surface area (Å²) in [7, 11) is 0. The maximum Gasteiger partial charge on any atom is 0.245 e. The van der Waals surface area contributed by atoms with E-state index in [1.54, 1.807) is 6.92 Å². The second-order valence-corrected chi connectivity index (χ2v) is 10.2. The lowest BCUT2D eigenvalue weighted by atomic mass is 9.66. The van der Waals surface area contributed by atoms with Gasteiger partial charge in [-0.3, -0.25) is 14.4 Å². The topological polar surface area (TPSA) is 108 Å². The summed E-state index contributed by atoms with van der Waals surface area (Å²) in [6.45, 7) is 6.33. The monoisotopic (exact) mass is 471 g/mol. The molecule has 0 radical (unpaired) electrons. The zero-order valence-electron chi connectivity index (χ0n) is 20.4. The fraction of sp³-hybridized carbons (Fsp3) is 0.654. The van der Waals surface area contributed by atoms with Crippen molar-refractivity contribution in [3.05, 3.63) is 35.9 Å². The lowest BCUT2D eigenvalue weighted by Gasteiger charge is -2.35. The molecular formula is C26H37N3O5. The SMILES string of the molecule is CCCCCNC(=O)C1N([C@H](C)CO)C(=O)[C@@H]2[C@@H](C(=O)NCc3ccccc3)[C@@]3(C)CCC12O3. The first-order chi connectivity index (χ1) is 16.3. The molecule has 3 heterocycles. The van der Waals surface area contributed by atoms with Crippen LogP contribution < -0.4 is 10.6 Å². The highest BCUT2D eigenvalue weighted by Crippen LogP contribution is 2.63. The lowest BCUT2D eigenvalue weighted by Crippen LogP contribution is -2.57. The standard InChI is InChI=1S/C26H37N3O5/c1-4-5-9-14-27-23(32)21-26-13-12-25(3,34-26)19(20(26)24(33)29(21)17(2)16-30)22(31)28-15-18-10-7-6-8-11-18/h6-8,10-11,17,19-21,30H,4-5,9,12-16H2,1-3H3,(H,27,32)(H,28,31)/t17-,19+,20+,21?,25-,26?/m1/s1. The summed E-state index contributed by atoms with van der Waals surface area (Å²) in [6.07, 6.45) is 4.04. The van der Waals surface area contributed by atoms with E-state index in [0.29, 0.717) is 25.9 Å². The van der Waals surface area contributed by atoms with Gasteiger partial charge in [0.2, 0.25) is 17.7 Å². The predicted octanol–water partition coefficient (Wildman–Crippen LogP) is 1.75. The van der Waals surface area contributed by atoms with Crippen LogP contribution >= 0.6 is 0 Å². The molecule has 2 unspecified atom stereocenters. The Labute approximate surface area is 201 Å². The minimum absolute atomic E-state index is 0.230. The number of likely N-dealkylation sites (tertiary alicyclic amines) is 1. The minimum Gasteiger partial charge on any atom is -0.394 e. The number of nitrogens with one attached hydrogen (secondary N) is 2. The number of rotatable bonds is 10. The number of benzene rings is 1. The molecule has 0 saturated carbocycles. The van der Waals surface area contributed by atoms with E-state index >= 15 is 0 Å². The second kappa shape index (κ2) is 9.66. The third kappa shape index (κ3) is 4.01. The van der Waals surface area contributed by atoms with Crippen molar-refractivity contribution < 1.29 is 24.2 Å². The molecule has 3 fully saturated rings. The molecule has 186 valence electrons. The molecule has 8 nitrogen and oxygen atoms in total. The van der Waals surface area contributed by atoms with Gasteiger partial charge in [0, 0.05) is 13.1 Å². The number of nitrogens with zero attached hydrogens (tertiary/aromatic N) is 1. The van der Waals surface area contributed by atoms with E-state index in [-0.39, 0.29) is 24.3 Å². The number of hydrogen-bond donors (Lipinski definition) is 3. The highest BCUT2D eigenvalue weighted by atomic mass is 16.5. The Morgan fingerprint density at radius 2 is 1.91 bits per heavy atom. The Balaban J connectivity index is 1.61. The highest BCUT2D eigenvalue weighted by molar-refractivity contribution is 5.99. The van der Waals surface area contributed by atoms with Gasteiger partial charge in [-0.15, -0.1) is 0 Å². The van der Waals surface area contributed by atoms with Crippen molar-refractivity contribution in [2.45, 2.75) is 82.7 Å². The molecule has 1 aromatic carbocycles. The van der Waals surface area contributed by atoms with Gasteiger partial charge in [-0.1, -0.05) is 50.1 Å². The number of fused-ring (bicyclic) bond motifs is 1. The Bertz CT molecular complexity index is 924. The number of aliphatic hydroxyl groups is 1. The molecule has 34 heavy (non-hydrogen) atoms. The second-order valence-electron chi connectivity index (χ2n) is 10.2. The molecule has 3 aliphatic rings. The average Bonchev–Trinajstić information content (AvgIpc) is 3.41. The van der Waals surface area contributed by atoms with Crippen LogP contribution in [0.5, 0.6) is 0 Å². The summed E-state index contributed by atoms with van der Waals surface area (Å²) in [4.78, 5) is 42.1. The molecule has 3 aliphatic heterocycles. The molecule has 8 heteroatoms. The quantitative estimate of drug-likeness (QED) is 0.451. The zero-order chi connectivity index (χ0) is 24.5. The Morgan fingerprint density at radius 1 is 1.18 bits per heavy atom. The van der Waals surface area contributed by atoms with Gasteiger partial charge >= 0.3 is 0 Å². The number of carbonyl (C=O) groups excluding carboxylic acids is 3. The smallest absolute Gasteiger partial charge is 0.245 e. The van der Waals surface area contributed by atoms with Crippen molar-refractivity contribution in [2.75, 3.05) is 13.2 Å². The Hall–Kier alpha value is -2.45. The number of aliphatic hydroxyl groups excluding tert-OH is 1. The van der Waals surface area contributed by atoms with E-state index in [4.69, 9.17) is 4.74 Å². The van der Waals surface area contributed by atoms with E-state index in [0.717, 1.165) is 24.8 Å². The first kappa shape index (κ1) is 24.7. The molecular weight excluding hydrogens is 434 g/mol. The van der Waals surface area contributed by atoms with Gasteiger partial charge in [-0.25, -0.2) is 0 Å². The highest BCUT2D eigenvalue weighted by Gasteiger charge is 2.78. The molecule has 6 atom stereocenters. The van der Waals surface area contributed by atoms with E-state index < -0.39 is 35.1 Å². The molecule has 1 spiro atoms. The maximum absolute atomic E-state index is 13.8. The normalized spacial score (nSPS) is 32.5. The van der Waals surface area contributed by atoms with Gasteiger partial charge in [0.1, 0.15) is 11.6 Å².